The van der Waals surface area contributed by atoms with E-state index in [1.807, 2.05) is 38.1 Å². The normalized spacial score (nSPS) is 10.3. The van der Waals surface area contributed by atoms with Gasteiger partial charge in [0.15, 0.2) is 0 Å². The van der Waals surface area contributed by atoms with Crippen molar-refractivity contribution in [2.75, 3.05) is 5.73 Å². The average Bonchev–Trinajstić information content (AvgIpc) is 2.69. The zero-order chi connectivity index (χ0) is 13.1. The lowest BCUT2D eigenvalue weighted by molar-refractivity contribution is 0.0478. The van der Waals surface area contributed by atoms with Crippen LogP contribution in [-0.4, -0.2) is 5.97 Å². The molecule has 0 spiro atoms. The fourth-order valence-electron chi connectivity index (χ4n) is 1.50. The van der Waals surface area contributed by atoms with Crippen molar-refractivity contribution >= 4 is 23.0 Å². The van der Waals surface area contributed by atoms with Gasteiger partial charge in [-0.25, -0.2) is 4.79 Å². The minimum absolute atomic E-state index is 0.288. The summed E-state index contributed by atoms with van der Waals surface area (Å²) >= 11 is 1.36. The first-order valence-corrected chi connectivity index (χ1v) is 6.46. The number of hydrogen-bond donors (Lipinski definition) is 1. The summed E-state index contributed by atoms with van der Waals surface area (Å²) in [4.78, 5) is 13.3. The van der Waals surface area contributed by atoms with Crippen molar-refractivity contribution in [3.8, 4) is 0 Å². The lowest BCUT2D eigenvalue weighted by atomic mass is 10.2. The Balaban J connectivity index is 1.98. The van der Waals surface area contributed by atoms with Gasteiger partial charge in [-0.1, -0.05) is 29.8 Å². The Morgan fingerprint density at radius 3 is 2.50 bits per heavy atom. The molecule has 2 N–H and O–H groups in total. The molecule has 0 aliphatic heterocycles. The second-order valence-electron chi connectivity index (χ2n) is 4.18. The first-order chi connectivity index (χ1) is 8.56. The molecule has 0 amide bonds. The number of hydrogen-bond acceptors (Lipinski definition) is 4. The summed E-state index contributed by atoms with van der Waals surface area (Å²) in [6, 6.07) is 9.57. The molecule has 3 nitrogen and oxygen atoms in total. The Kier molecular flexibility index (Phi) is 3.67. The van der Waals surface area contributed by atoms with Gasteiger partial charge in [-0.05, 0) is 25.5 Å². The Hall–Kier alpha value is -1.81. The first-order valence-electron chi connectivity index (χ1n) is 5.65. The molecule has 2 rings (SSSR count). The van der Waals surface area contributed by atoms with Gasteiger partial charge < -0.3 is 10.5 Å². The van der Waals surface area contributed by atoms with E-state index >= 15 is 0 Å². The smallest absolute Gasteiger partial charge is 0.348 e. The summed E-state index contributed by atoms with van der Waals surface area (Å²) in [5, 5.41) is 0. The number of thiophene rings is 1. The van der Waals surface area contributed by atoms with E-state index in [2.05, 4.69) is 0 Å². The molecule has 0 aliphatic rings. The summed E-state index contributed by atoms with van der Waals surface area (Å²) in [6.07, 6.45) is 0. The SMILES string of the molecule is Cc1ccc(COC(=O)c2cc(N)c(C)s2)cc1. The zero-order valence-electron chi connectivity index (χ0n) is 10.4. The van der Waals surface area contributed by atoms with E-state index in [1.165, 1.54) is 16.9 Å². The minimum Gasteiger partial charge on any atom is -0.457 e. The van der Waals surface area contributed by atoms with Gasteiger partial charge in [0.05, 0.1) is 0 Å². The molecule has 0 unspecified atom stereocenters. The molecule has 0 atom stereocenters. The molecule has 0 radical (unpaired) electrons. The highest BCUT2D eigenvalue weighted by atomic mass is 32.1. The van der Waals surface area contributed by atoms with Crippen molar-refractivity contribution in [3.05, 3.63) is 51.2 Å². The Morgan fingerprint density at radius 1 is 1.28 bits per heavy atom. The van der Waals surface area contributed by atoms with Gasteiger partial charge in [0, 0.05) is 10.6 Å². The molecule has 94 valence electrons. The van der Waals surface area contributed by atoms with Crippen LogP contribution in [0.2, 0.25) is 0 Å². The van der Waals surface area contributed by atoms with Crippen molar-refractivity contribution in [3.63, 3.8) is 0 Å². The molecule has 1 aromatic carbocycles. The summed E-state index contributed by atoms with van der Waals surface area (Å²) in [6.45, 7) is 4.19. The van der Waals surface area contributed by atoms with Crippen molar-refractivity contribution in [2.24, 2.45) is 0 Å². The van der Waals surface area contributed by atoms with Gasteiger partial charge in [0.1, 0.15) is 11.5 Å². The molecular formula is C14H15NO2S. The van der Waals surface area contributed by atoms with Gasteiger partial charge in [-0.3, -0.25) is 0 Å². The fourth-order valence-corrected chi connectivity index (χ4v) is 2.34. The lowest BCUT2D eigenvalue weighted by Crippen LogP contribution is -2.03. The van der Waals surface area contributed by atoms with Gasteiger partial charge in [0.25, 0.3) is 0 Å². The van der Waals surface area contributed by atoms with Gasteiger partial charge >= 0.3 is 5.97 Å². The van der Waals surface area contributed by atoms with Crippen molar-refractivity contribution in [1.29, 1.82) is 0 Å². The second-order valence-corrected chi connectivity index (χ2v) is 5.44. The Morgan fingerprint density at radius 2 is 1.94 bits per heavy atom. The second kappa shape index (κ2) is 5.23. The van der Waals surface area contributed by atoms with E-state index in [-0.39, 0.29) is 12.6 Å². The quantitative estimate of drug-likeness (QED) is 0.862. The van der Waals surface area contributed by atoms with E-state index < -0.39 is 0 Å². The van der Waals surface area contributed by atoms with Crippen molar-refractivity contribution < 1.29 is 9.53 Å². The molecule has 0 saturated carbocycles. The number of carbonyl (C=O) groups excluding carboxylic acids is 1. The third kappa shape index (κ3) is 2.90. The third-order valence-corrected chi connectivity index (χ3v) is 3.69. The van der Waals surface area contributed by atoms with Crippen molar-refractivity contribution in [2.45, 2.75) is 20.5 Å². The number of rotatable bonds is 3. The predicted molar refractivity (Wildman–Crippen MR) is 73.8 cm³/mol. The van der Waals surface area contributed by atoms with Crippen LogP contribution in [0.1, 0.15) is 25.7 Å². The molecule has 0 fully saturated rings. The van der Waals surface area contributed by atoms with E-state index in [9.17, 15) is 4.79 Å². The number of anilines is 1. The maximum atomic E-state index is 11.8. The molecule has 18 heavy (non-hydrogen) atoms. The van der Waals surface area contributed by atoms with E-state index in [1.54, 1.807) is 6.07 Å². The maximum absolute atomic E-state index is 11.8. The number of ether oxygens (including phenoxy) is 1. The van der Waals surface area contributed by atoms with Gasteiger partial charge in [-0.15, -0.1) is 11.3 Å². The number of nitrogens with two attached hydrogens (primary N) is 1. The monoisotopic (exact) mass is 261 g/mol. The van der Waals surface area contributed by atoms with Crippen LogP contribution in [0.25, 0.3) is 0 Å². The van der Waals surface area contributed by atoms with Crippen LogP contribution in [0.5, 0.6) is 0 Å². The van der Waals surface area contributed by atoms with Crippen LogP contribution in [-0.2, 0) is 11.3 Å². The van der Waals surface area contributed by atoms with E-state index in [0.717, 1.165) is 10.4 Å². The van der Waals surface area contributed by atoms with Gasteiger partial charge in [0.2, 0.25) is 0 Å². The molecular weight excluding hydrogens is 246 g/mol. The van der Waals surface area contributed by atoms with Gasteiger partial charge in [-0.2, -0.15) is 0 Å². The molecule has 0 bridgehead atoms. The zero-order valence-corrected chi connectivity index (χ0v) is 11.2. The average molecular weight is 261 g/mol. The Labute approximate surface area is 110 Å². The maximum Gasteiger partial charge on any atom is 0.348 e. The summed E-state index contributed by atoms with van der Waals surface area (Å²) in [7, 11) is 0. The van der Waals surface area contributed by atoms with Crippen molar-refractivity contribution in [1.82, 2.24) is 0 Å². The summed E-state index contributed by atoms with van der Waals surface area (Å²) in [5.74, 6) is -0.319. The summed E-state index contributed by atoms with van der Waals surface area (Å²) in [5.41, 5.74) is 8.51. The number of esters is 1. The molecule has 0 aliphatic carbocycles. The fraction of sp³-hybridized carbons (Fsp3) is 0.214. The number of nitrogen functional groups attached to an aromatic ring is 1. The molecule has 2 aromatic rings. The molecule has 4 heteroatoms. The molecule has 1 heterocycles. The molecule has 0 saturated heterocycles. The van der Waals surface area contributed by atoms with E-state index in [4.69, 9.17) is 10.5 Å². The van der Waals surface area contributed by atoms with Crippen LogP contribution < -0.4 is 5.73 Å². The minimum atomic E-state index is -0.319. The standard InChI is InChI=1S/C14H15NO2S/c1-9-3-5-11(6-4-9)8-17-14(16)13-7-12(15)10(2)18-13/h3-7H,8,15H2,1-2H3. The van der Waals surface area contributed by atoms with Crippen LogP contribution in [0.15, 0.2) is 30.3 Å². The highest BCUT2D eigenvalue weighted by molar-refractivity contribution is 7.14. The first kappa shape index (κ1) is 12.6. The van der Waals surface area contributed by atoms with Crippen LogP contribution >= 0.6 is 11.3 Å². The number of benzene rings is 1. The number of aryl methyl sites for hydroxylation is 2. The Bertz CT molecular complexity index is 538. The van der Waals surface area contributed by atoms with Crippen LogP contribution in [0, 0.1) is 13.8 Å². The number of carbonyl (C=O) groups is 1. The third-order valence-electron chi connectivity index (χ3n) is 2.65. The molecule has 1 aromatic heterocycles. The lowest BCUT2D eigenvalue weighted by Gasteiger charge is -2.03. The highest BCUT2D eigenvalue weighted by Gasteiger charge is 2.12. The van der Waals surface area contributed by atoms with Crippen LogP contribution in [0.3, 0.4) is 0 Å². The topological polar surface area (TPSA) is 52.3 Å². The summed E-state index contributed by atoms with van der Waals surface area (Å²) < 4.78 is 5.24. The highest BCUT2D eigenvalue weighted by Crippen LogP contribution is 2.24. The predicted octanol–water partition coefficient (Wildman–Crippen LogP) is 3.30. The van der Waals surface area contributed by atoms with Crippen LogP contribution in [0.4, 0.5) is 5.69 Å². The largest absolute Gasteiger partial charge is 0.457 e. The van der Waals surface area contributed by atoms with E-state index in [0.29, 0.717) is 10.6 Å².